The maximum absolute atomic E-state index is 12.2. The number of nitrogens with one attached hydrogen (secondary N) is 1. The van der Waals surface area contributed by atoms with Crippen molar-refractivity contribution in [2.24, 2.45) is 5.92 Å². The molecule has 18 heavy (non-hydrogen) atoms. The quantitative estimate of drug-likeness (QED) is 0.872. The molecule has 6 heteroatoms. The molecule has 98 valence electrons. The van der Waals surface area contributed by atoms with Crippen molar-refractivity contribution in [2.75, 3.05) is 13.1 Å². The number of piperazine rings is 1. The summed E-state index contributed by atoms with van der Waals surface area (Å²) in [7, 11) is 0. The van der Waals surface area contributed by atoms with Crippen LogP contribution in [0.2, 0.25) is 0 Å². The van der Waals surface area contributed by atoms with Crippen molar-refractivity contribution in [2.45, 2.75) is 26.3 Å². The van der Waals surface area contributed by atoms with Crippen LogP contribution in [0.3, 0.4) is 0 Å². The Labute approximate surface area is 110 Å². The Bertz CT molecular complexity index is 431. The monoisotopic (exact) mass is 267 g/mol. The number of aromatic nitrogens is 1. The van der Waals surface area contributed by atoms with Gasteiger partial charge in [0.25, 0.3) is 0 Å². The van der Waals surface area contributed by atoms with E-state index in [1.54, 1.807) is 10.4 Å². The lowest BCUT2D eigenvalue weighted by atomic mass is 10.0. The minimum atomic E-state index is -0.387. The number of amides is 2. The van der Waals surface area contributed by atoms with Gasteiger partial charge in [-0.1, -0.05) is 13.8 Å². The molecular weight excluding hydrogens is 250 g/mol. The van der Waals surface area contributed by atoms with Gasteiger partial charge in [-0.2, -0.15) is 0 Å². The van der Waals surface area contributed by atoms with Crippen LogP contribution in [0.4, 0.5) is 0 Å². The van der Waals surface area contributed by atoms with Gasteiger partial charge < -0.3 is 10.2 Å². The van der Waals surface area contributed by atoms with Gasteiger partial charge in [0.05, 0.1) is 17.7 Å². The van der Waals surface area contributed by atoms with E-state index in [1.165, 1.54) is 11.3 Å². The highest BCUT2D eigenvalue weighted by Crippen LogP contribution is 2.12. The standard InChI is InChI=1S/C12H17N3O2S/c1-8(2)11-12(17)15(5-10(16)14-11)4-3-9-6-18-7-13-9/h6-8,11H,3-5H2,1-2H3,(H,14,16). The minimum absolute atomic E-state index is 0.0137. The number of hydrogen-bond donors (Lipinski definition) is 1. The molecule has 0 saturated carbocycles. The largest absolute Gasteiger partial charge is 0.343 e. The Morgan fingerprint density at radius 2 is 2.33 bits per heavy atom. The molecule has 0 radical (unpaired) electrons. The van der Waals surface area contributed by atoms with E-state index in [9.17, 15) is 9.59 Å². The lowest BCUT2D eigenvalue weighted by Gasteiger charge is -2.34. The van der Waals surface area contributed by atoms with Crippen LogP contribution in [0, 0.1) is 5.92 Å². The van der Waals surface area contributed by atoms with Gasteiger partial charge in [0.1, 0.15) is 6.04 Å². The maximum Gasteiger partial charge on any atom is 0.245 e. The maximum atomic E-state index is 12.2. The van der Waals surface area contributed by atoms with Gasteiger partial charge in [0, 0.05) is 18.3 Å². The summed E-state index contributed by atoms with van der Waals surface area (Å²) in [4.78, 5) is 29.5. The van der Waals surface area contributed by atoms with Crippen LogP contribution in [0.1, 0.15) is 19.5 Å². The van der Waals surface area contributed by atoms with Crippen LogP contribution < -0.4 is 5.32 Å². The van der Waals surface area contributed by atoms with Crippen LogP contribution in [-0.4, -0.2) is 40.8 Å². The Hall–Kier alpha value is -1.43. The second-order valence-corrected chi connectivity index (χ2v) is 5.50. The first kappa shape index (κ1) is 13.0. The van der Waals surface area contributed by atoms with E-state index in [2.05, 4.69) is 10.3 Å². The second kappa shape index (κ2) is 5.48. The van der Waals surface area contributed by atoms with Gasteiger partial charge >= 0.3 is 0 Å². The second-order valence-electron chi connectivity index (χ2n) is 4.78. The smallest absolute Gasteiger partial charge is 0.245 e. The van der Waals surface area contributed by atoms with Gasteiger partial charge in [-0.25, -0.2) is 4.98 Å². The third-order valence-corrected chi connectivity index (χ3v) is 3.65. The molecule has 0 aliphatic carbocycles. The molecule has 1 aromatic heterocycles. The average Bonchev–Trinajstić information content (AvgIpc) is 2.82. The van der Waals surface area contributed by atoms with Crippen LogP contribution in [0.15, 0.2) is 10.9 Å². The van der Waals surface area contributed by atoms with Crippen molar-refractivity contribution < 1.29 is 9.59 Å². The van der Waals surface area contributed by atoms with Gasteiger partial charge in [-0.3, -0.25) is 9.59 Å². The first-order valence-corrected chi connectivity index (χ1v) is 6.97. The van der Waals surface area contributed by atoms with Crippen LogP contribution in [0.25, 0.3) is 0 Å². The molecule has 1 aliphatic heterocycles. The summed E-state index contributed by atoms with van der Waals surface area (Å²) in [5, 5.41) is 4.71. The molecule has 1 saturated heterocycles. The zero-order chi connectivity index (χ0) is 13.1. The molecule has 1 aliphatic rings. The SMILES string of the molecule is CC(C)C1NC(=O)CN(CCc2cscn2)C1=O. The summed E-state index contributed by atoms with van der Waals surface area (Å²) in [6, 6.07) is -0.387. The van der Waals surface area contributed by atoms with Crippen LogP contribution >= 0.6 is 11.3 Å². The fourth-order valence-electron chi connectivity index (χ4n) is 1.98. The van der Waals surface area contributed by atoms with Crippen molar-refractivity contribution in [3.05, 3.63) is 16.6 Å². The van der Waals surface area contributed by atoms with Crippen molar-refractivity contribution in [1.29, 1.82) is 0 Å². The minimum Gasteiger partial charge on any atom is -0.343 e. The highest BCUT2D eigenvalue weighted by Gasteiger charge is 2.34. The number of carbonyl (C=O) groups is 2. The fourth-order valence-corrected chi connectivity index (χ4v) is 2.57. The Kier molecular flexibility index (Phi) is 3.96. The number of carbonyl (C=O) groups excluding carboxylic acids is 2. The van der Waals surface area contributed by atoms with Gasteiger partial charge in [-0.05, 0) is 5.92 Å². The molecule has 2 amide bonds. The zero-order valence-corrected chi connectivity index (χ0v) is 11.4. The summed E-state index contributed by atoms with van der Waals surface area (Å²) in [5.74, 6) is 0.0509. The Morgan fingerprint density at radius 1 is 1.56 bits per heavy atom. The molecule has 1 atom stereocenters. The van der Waals surface area contributed by atoms with Crippen molar-refractivity contribution in [3.8, 4) is 0 Å². The molecule has 1 aromatic rings. The third kappa shape index (κ3) is 2.87. The average molecular weight is 267 g/mol. The van der Waals surface area contributed by atoms with E-state index < -0.39 is 0 Å². The summed E-state index contributed by atoms with van der Waals surface area (Å²) < 4.78 is 0. The molecule has 0 spiro atoms. The molecule has 1 N–H and O–H groups in total. The number of nitrogens with zero attached hydrogens (tertiary/aromatic N) is 2. The summed E-state index contributed by atoms with van der Waals surface area (Å²) >= 11 is 1.54. The van der Waals surface area contributed by atoms with Crippen LogP contribution in [0.5, 0.6) is 0 Å². The molecule has 2 rings (SSSR count). The molecule has 0 bridgehead atoms. The van der Waals surface area contributed by atoms with E-state index in [-0.39, 0.29) is 30.3 Å². The third-order valence-electron chi connectivity index (χ3n) is 3.02. The zero-order valence-electron chi connectivity index (χ0n) is 10.5. The van der Waals surface area contributed by atoms with Gasteiger partial charge in [0.15, 0.2) is 0 Å². The molecule has 1 unspecified atom stereocenters. The number of rotatable bonds is 4. The summed E-state index contributed by atoms with van der Waals surface area (Å²) in [5.41, 5.74) is 2.75. The van der Waals surface area contributed by atoms with Crippen molar-refractivity contribution in [1.82, 2.24) is 15.2 Å². The van der Waals surface area contributed by atoms with Gasteiger partial charge in [0.2, 0.25) is 11.8 Å². The van der Waals surface area contributed by atoms with E-state index in [1.807, 2.05) is 19.2 Å². The van der Waals surface area contributed by atoms with E-state index in [4.69, 9.17) is 0 Å². The highest BCUT2D eigenvalue weighted by molar-refractivity contribution is 7.07. The predicted octanol–water partition coefficient (Wildman–Crippen LogP) is 0.669. The van der Waals surface area contributed by atoms with E-state index in [0.717, 1.165) is 5.69 Å². The number of thiazole rings is 1. The molecule has 5 nitrogen and oxygen atoms in total. The lowest BCUT2D eigenvalue weighted by molar-refractivity contribution is -0.145. The molecule has 0 aromatic carbocycles. The Morgan fingerprint density at radius 3 is 2.94 bits per heavy atom. The topological polar surface area (TPSA) is 62.3 Å². The first-order chi connectivity index (χ1) is 8.58. The predicted molar refractivity (Wildman–Crippen MR) is 69.2 cm³/mol. The van der Waals surface area contributed by atoms with Crippen molar-refractivity contribution >= 4 is 23.2 Å². The normalized spacial score (nSPS) is 20.4. The first-order valence-electron chi connectivity index (χ1n) is 6.03. The fraction of sp³-hybridized carbons (Fsp3) is 0.583. The highest BCUT2D eigenvalue weighted by atomic mass is 32.1. The van der Waals surface area contributed by atoms with E-state index >= 15 is 0 Å². The van der Waals surface area contributed by atoms with Gasteiger partial charge in [-0.15, -0.1) is 11.3 Å². The molecule has 1 fully saturated rings. The molecular formula is C12H17N3O2S. The number of hydrogen-bond acceptors (Lipinski definition) is 4. The van der Waals surface area contributed by atoms with Crippen LogP contribution in [-0.2, 0) is 16.0 Å². The summed E-state index contributed by atoms with van der Waals surface area (Å²) in [6.07, 6.45) is 0.702. The lowest BCUT2D eigenvalue weighted by Crippen LogP contribution is -2.60. The molecule has 2 heterocycles. The summed E-state index contributed by atoms with van der Waals surface area (Å²) in [6.45, 7) is 4.59. The Balaban J connectivity index is 1.98. The van der Waals surface area contributed by atoms with E-state index in [0.29, 0.717) is 13.0 Å². The van der Waals surface area contributed by atoms with Crippen molar-refractivity contribution in [3.63, 3.8) is 0 Å².